The lowest BCUT2D eigenvalue weighted by atomic mass is 10.2. The summed E-state index contributed by atoms with van der Waals surface area (Å²) in [5.74, 6) is -0.561. The highest BCUT2D eigenvalue weighted by molar-refractivity contribution is 6.30. The molecule has 8 heteroatoms. The lowest BCUT2D eigenvalue weighted by Gasteiger charge is -2.09. The number of para-hydroxylation sites is 1. The lowest BCUT2D eigenvalue weighted by molar-refractivity contribution is 0.102. The summed E-state index contributed by atoms with van der Waals surface area (Å²) in [6.45, 7) is 0. The van der Waals surface area contributed by atoms with Crippen molar-refractivity contribution in [2.75, 3.05) is 5.32 Å². The summed E-state index contributed by atoms with van der Waals surface area (Å²) >= 11 is 5.90. The average molecular weight is 391 g/mol. The fourth-order valence-electron chi connectivity index (χ4n) is 2.72. The van der Waals surface area contributed by atoms with Gasteiger partial charge in [0.2, 0.25) is 0 Å². The molecule has 0 aliphatic carbocycles. The molecule has 0 bridgehead atoms. The van der Waals surface area contributed by atoms with Crippen LogP contribution in [0.25, 0.3) is 16.7 Å². The van der Waals surface area contributed by atoms with Crippen LogP contribution in [-0.2, 0) is 0 Å². The number of halogens is 1. The highest BCUT2D eigenvalue weighted by atomic mass is 35.5. The number of rotatable bonds is 3. The van der Waals surface area contributed by atoms with Crippen LogP contribution in [0.1, 0.15) is 15.9 Å². The fraction of sp³-hybridized carbons (Fsp3) is 0. The van der Waals surface area contributed by atoms with Gasteiger partial charge in [0.05, 0.1) is 11.9 Å². The Morgan fingerprint density at radius 2 is 1.93 bits per heavy atom. The number of aromatic nitrogens is 2. The van der Waals surface area contributed by atoms with Crippen molar-refractivity contribution in [2.45, 2.75) is 0 Å². The summed E-state index contributed by atoms with van der Waals surface area (Å²) < 4.78 is 6.58. The number of nitrogens with one attached hydrogen (secondary N) is 1. The molecule has 7 nitrogen and oxygen atoms in total. The minimum absolute atomic E-state index is 0.141. The van der Waals surface area contributed by atoms with Crippen LogP contribution in [0.2, 0.25) is 5.02 Å². The van der Waals surface area contributed by atoms with Crippen molar-refractivity contribution in [2.24, 2.45) is 0 Å². The number of amides is 1. The molecule has 0 fully saturated rings. The Hall–Kier alpha value is -3.89. The van der Waals surface area contributed by atoms with Crippen LogP contribution in [0.3, 0.4) is 0 Å². The maximum Gasteiger partial charge on any atom is 0.349 e. The van der Waals surface area contributed by atoms with Gasteiger partial charge >= 0.3 is 5.63 Å². The molecule has 2 aromatic carbocycles. The largest absolute Gasteiger partial charge is 0.422 e. The zero-order chi connectivity index (χ0) is 19.7. The van der Waals surface area contributed by atoms with E-state index in [0.717, 1.165) is 0 Å². The summed E-state index contributed by atoms with van der Waals surface area (Å²) in [6.07, 6.45) is 1.33. The van der Waals surface area contributed by atoms with Crippen molar-refractivity contribution in [1.82, 2.24) is 9.78 Å². The third-order valence-electron chi connectivity index (χ3n) is 4.08. The first kappa shape index (κ1) is 17.5. The number of benzene rings is 2. The Morgan fingerprint density at radius 3 is 2.68 bits per heavy atom. The van der Waals surface area contributed by atoms with Crippen LogP contribution in [-0.4, -0.2) is 15.7 Å². The Morgan fingerprint density at radius 1 is 1.18 bits per heavy atom. The van der Waals surface area contributed by atoms with E-state index >= 15 is 0 Å². The number of carbonyl (C=O) groups excluding carboxylic acids is 1. The van der Waals surface area contributed by atoms with E-state index in [0.29, 0.717) is 21.7 Å². The Balaban J connectivity index is 1.75. The molecule has 0 spiro atoms. The first-order valence-electron chi connectivity index (χ1n) is 8.15. The van der Waals surface area contributed by atoms with Gasteiger partial charge in [-0.3, -0.25) is 4.79 Å². The van der Waals surface area contributed by atoms with Gasteiger partial charge in [0.15, 0.2) is 5.82 Å². The molecule has 4 aromatic rings. The second-order valence-corrected chi connectivity index (χ2v) is 6.28. The zero-order valence-corrected chi connectivity index (χ0v) is 15.0. The van der Waals surface area contributed by atoms with Gasteiger partial charge in [-0.2, -0.15) is 10.4 Å². The van der Waals surface area contributed by atoms with E-state index < -0.39 is 11.5 Å². The zero-order valence-electron chi connectivity index (χ0n) is 14.2. The summed E-state index contributed by atoms with van der Waals surface area (Å²) in [6, 6.07) is 17.0. The quantitative estimate of drug-likeness (QED) is 0.537. The minimum atomic E-state index is -0.771. The van der Waals surface area contributed by atoms with Crippen LogP contribution in [0, 0.1) is 11.3 Å². The molecule has 0 aliphatic heterocycles. The summed E-state index contributed by atoms with van der Waals surface area (Å²) in [4.78, 5) is 25.0. The number of nitrogens with zero attached hydrogens (tertiary/aromatic N) is 3. The number of hydrogen-bond acceptors (Lipinski definition) is 5. The summed E-state index contributed by atoms with van der Waals surface area (Å²) in [7, 11) is 0. The first-order valence-corrected chi connectivity index (χ1v) is 8.53. The van der Waals surface area contributed by atoms with E-state index in [2.05, 4.69) is 10.4 Å². The highest BCUT2D eigenvalue weighted by Gasteiger charge is 2.19. The Labute approximate surface area is 163 Å². The molecule has 0 saturated carbocycles. The molecule has 28 heavy (non-hydrogen) atoms. The second-order valence-electron chi connectivity index (χ2n) is 5.85. The van der Waals surface area contributed by atoms with E-state index in [1.165, 1.54) is 16.9 Å². The molecule has 136 valence electrons. The molecule has 1 N–H and O–H groups in total. The standard InChI is InChI=1S/C20H11ClN4O3/c21-14-5-7-15(8-6-14)25-18(13(10-22)11-23-25)24-19(26)16-9-12-3-1-2-4-17(12)28-20(16)27/h1-9,11H,(H,24,26). The summed E-state index contributed by atoms with van der Waals surface area (Å²) in [5.41, 5.74) is 0.173. The van der Waals surface area contributed by atoms with E-state index in [-0.39, 0.29) is 16.9 Å². The van der Waals surface area contributed by atoms with Crippen LogP contribution < -0.4 is 10.9 Å². The van der Waals surface area contributed by atoms with E-state index in [4.69, 9.17) is 16.0 Å². The van der Waals surface area contributed by atoms with Gasteiger partial charge in [-0.15, -0.1) is 0 Å². The minimum Gasteiger partial charge on any atom is -0.422 e. The molecule has 0 unspecified atom stereocenters. The van der Waals surface area contributed by atoms with Gasteiger partial charge in [0, 0.05) is 10.4 Å². The van der Waals surface area contributed by atoms with Crippen molar-refractivity contribution in [3.63, 3.8) is 0 Å². The maximum atomic E-state index is 12.7. The number of carbonyl (C=O) groups is 1. The third-order valence-corrected chi connectivity index (χ3v) is 4.33. The van der Waals surface area contributed by atoms with Crippen molar-refractivity contribution in [3.05, 3.63) is 87.4 Å². The van der Waals surface area contributed by atoms with Crippen LogP contribution in [0.4, 0.5) is 5.82 Å². The first-order chi connectivity index (χ1) is 13.6. The van der Waals surface area contributed by atoms with Crippen LogP contribution in [0.5, 0.6) is 0 Å². The molecular weight excluding hydrogens is 380 g/mol. The molecule has 4 rings (SSSR count). The van der Waals surface area contributed by atoms with Crippen molar-refractivity contribution in [3.8, 4) is 11.8 Å². The van der Waals surface area contributed by atoms with E-state index in [1.807, 2.05) is 6.07 Å². The van der Waals surface area contributed by atoms with Gasteiger partial charge in [-0.1, -0.05) is 29.8 Å². The SMILES string of the molecule is N#Cc1cnn(-c2ccc(Cl)cc2)c1NC(=O)c1cc2ccccc2oc1=O. The van der Waals surface area contributed by atoms with Crippen molar-refractivity contribution in [1.29, 1.82) is 5.26 Å². The molecule has 1 amide bonds. The number of anilines is 1. The number of hydrogen-bond donors (Lipinski definition) is 1. The smallest absolute Gasteiger partial charge is 0.349 e. The van der Waals surface area contributed by atoms with Gasteiger partial charge in [-0.25, -0.2) is 9.48 Å². The molecule has 0 atom stereocenters. The van der Waals surface area contributed by atoms with E-state index in [9.17, 15) is 14.9 Å². The topological polar surface area (TPSA) is 101 Å². The highest BCUT2D eigenvalue weighted by Crippen LogP contribution is 2.22. The van der Waals surface area contributed by atoms with Gasteiger partial charge < -0.3 is 9.73 Å². The predicted molar refractivity (Wildman–Crippen MR) is 104 cm³/mol. The van der Waals surface area contributed by atoms with Gasteiger partial charge in [-0.05, 0) is 36.4 Å². The molecule has 2 aromatic heterocycles. The van der Waals surface area contributed by atoms with E-state index in [1.54, 1.807) is 48.5 Å². The molecule has 0 aliphatic rings. The number of fused-ring (bicyclic) bond motifs is 1. The number of nitriles is 1. The Kier molecular flexibility index (Phi) is 4.39. The second kappa shape index (κ2) is 7.02. The maximum absolute atomic E-state index is 12.7. The molecule has 0 radical (unpaired) electrons. The lowest BCUT2D eigenvalue weighted by Crippen LogP contribution is -2.22. The van der Waals surface area contributed by atoms with Crippen molar-refractivity contribution < 1.29 is 9.21 Å². The molecule has 0 saturated heterocycles. The van der Waals surface area contributed by atoms with Gasteiger partial charge in [0.1, 0.15) is 22.8 Å². The van der Waals surface area contributed by atoms with Crippen LogP contribution >= 0.6 is 11.6 Å². The molecule has 2 heterocycles. The average Bonchev–Trinajstić information content (AvgIpc) is 3.10. The normalized spacial score (nSPS) is 10.6. The van der Waals surface area contributed by atoms with Crippen LogP contribution in [0.15, 0.2) is 70.0 Å². The predicted octanol–water partition coefficient (Wildman–Crippen LogP) is 3.76. The monoisotopic (exact) mass is 390 g/mol. The Bertz CT molecular complexity index is 1300. The fourth-order valence-corrected chi connectivity index (χ4v) is 2.85. The third kappa shape index (κ3) is 3.13. The van der Waals surface area contributed by atoms with Crippen molar-refractivity contribution >= 4 is 34.3 Å². The summed E-state index contributed by atoms with van der Waals surface area (Å²) in [5, 5.41) is 17.2. The van der Waals surface area contributed by atoms with Gasteiger partial charge in [0.25, 0.3) is 5.91 Å². The molecular formula is C20H11ClN4O3.